The van der Waals surface area contributed by atoms with Gasteiger partial charge in [-0.2, -0.15) is 0 Å². The molecule has 6 heteroatoms. The van der Waals surface area contributed by atoms with Crippen LogP contribution in [0.2, 0.25) is 0 Å². The zero-order valence-corrected chi connectivity index (χ0v) is 10.8. The summed E-state index contributed by atoms with van der Waals surface area (Å²) in [7, 11) is 3.94. The highest BCUT2D eigenvalue weighted by Gasteiger charge is 2.17. The number of aliphatic carboxylic acids is 1. The Bertz CT molecular complexity index is 256. The molecule has 0 aromatic carbocycles. The van der Waals surface area contributed by atoms with Crippen LogP contribution in [0, 0.1) is 5.92 Å². The molecule has 0 radical (unpaired) electrons. The van der Waals surface area contributed by atoms with Gasteiger partial charge in [-0.05, 0) is 33.6 Å². The highest BCUT2D eigenvalue weighted by atomic mass is 16.4. The predicted molar refractivity (Wildman–Crippen MR) is 65.6 cm³/mol. The second kappa shape index (κ2) is 8.03. The van der Waals surface area contributed by atoms with Gasteiger partial charge in [-0.1, -0.05) is 6.92 Å². The number of primary amides is 1. The summed E-state index contributed by atoms with van der Waals surface area (Å²) in [6, 6.07) is 0. The van der Waals surface area contributed by atoms with Crippen LogP contribution in [-0.2, 0) is 9.59 Å². The van der Waals surface area contributed by atoms with E-state index in [4.69, 9.17) is 10.8 Å². The third-order valence-corrected chi connectivity index (χ3v) is 2.41. The lowest BCUT2D eigenvalue weighted by Crippen LogP contribution is -2.39. The number of rotatable bonds is 9. The van der Waals surface area contributed by atoms with Gasteiger partial charge in [0.15, 0.2) is 0 Å². The average Bonchev–Trinajstić information content (AvgIpc) is 2.15. The lowest BCUT2D eigenvalue weighted by atomic mass is 10.1. The van der Waals surface area contributed by atoms with Gasteiger partial charge in [0.2, 0.25) is 5.91 Å². The lowest BCUT2D eigenvalue weighted by Gasteiger charge is -2.23. The molecule has 0 aromatic heterocycles. The normalized spacial score (nSPS) is 13.0. The Kier molecular flexibility index (Phi) is 7.49. The summed E-state index contributed by atoms with van der Waals surface area (Å²) in [5, 5.41) is 8.83. The second-order valence-corrected chi connectivity index (χ2v) is 4.60. The van der Waals surface area contributed by atoms with Gasteiger partial charge in [-0.3, -0.25) is 14.5 Å². The quantitative estimate of drug-likeness (QED) is 0.569. The number of nitrogens with two attached hydrogens (primary N) is 1. The molecular weight excluding hydrogens is 222 g/mol. The number of carboxylic acid groups (broad SMARTS) is 1. The smallest absolute Gasteiger partial charge is 0.307 e. The van der Waals surface area contributed by atoms with Crippen molar-refractivity contribution in [2.75, 3.05) is 40.3 Å². The van der Waals surface area contributed by atoms with Gasteiger partial charge in [0.1, 0.15) is 0 Å². The van der Waals surface area contributed by atoms with E-state index < -0.39 is 17.8 Å². The zero-order valence-electron chi connectivity index (χ0n) is 10.8. The van der Waals surface area contributed by atoms with Crippen LogP contribution in [0.5, 0.6) is 0 Å². The number of hydrogen-bond acceptors (Lipinski definition) is 4. The van der Waals surface area contributed by atoms with E-state index in [1.807, 2.05) is 19.0 Å². The molecular formula is C11H23N3O3. The van der Waals surface area contributed by atoms with Crippen LogP contribution >= 0.6 is 0 Å². The molecule has 0 aliphatic heterocycles. The first-order chi connectivity index (χ1) is 7.82. The molecule has 0 spiro atoms. The molecule has 0 fully saturated rings. The van der Waals surface area contributed by atoms with Gasteiger partial charge >= 0.3 is 5.97 Å². The van der Waals surface area contributed by atoms with Crippen LogP contribution in [0.3, 0.4) is 0 Å². The summed E-state index contributed by atoms with van der Waals surface area (Å²) in [6.07, 6.45) is 0.882. The molecule has 1 amide bonds. The monoisotopic (exact) mass is 245 g/mol. The van der Waals surface area contributed by atoms with E-state index in [0.717, 1.165) is 13.0 Å². The van der Waals surface area contributed by atoms with Gasteiger partial charge in [0.05, 0.1) is 12.5 Å². The van der Waals surface area contributed by atoms with Crippen LogP contribution in [0.15, 0.2) is 0 Å². The number of carbonyl (C=O) groups excluding carboxylic acids is 1. The van der Waals surface area contributed by atoms with Gasteiger partial charge in [-0.25, -0.2) is 0 Å². The maximum absolute atomic E-state index is 10.9. The molecule has 1 atom stereocenters. The van der Waals surface area contributed by atoms with Crippen molar-refractivity contribution in [2.45, 2.75) is 13.3 Å². The molecule has 0 heterocycles. The van der Waals surface area contributed by atoms with Gasteiger partial charge in [0.25, 0.3) is 0 Å². The summed E-state index contributed by atoms with van der Waals surface area (Å²) in [4.78, 5) is 25.5. The number of carbonyl (C=O) groups is 2. The van der Waals surface area contributed by atoms with Crippen LogP contribution < -0.4 is 5.73 Å². The average molecular weight is 245 g/mol. The van der Waals surface area contributed by atoms with Crippen LogP contribution in [0.1, 0.15) is 13.3 Å². The number of amides is 1. The Labute approximate surface area is 102 Å². The SMILES string of the molecule is CC(CN(CCCN(C)C)CC(N)=O)C(=O)O. The number of carboxylic acids is 1. The van der Waals surface area contributed by atoms with E-state index in [0.29, 0.717) is 13.1 Å². The summed E-state index contributed by atoms with van der Waals surface area (Å²) in [5.41, 5.74) is 5.14. The first kappa shape index (κ1) is 15.9. The molecule has 0 bridgehead atoms. The maximum atomic E-state index is 10.9. The van der Waals surface area contributed by atoms with Crippen LogP contribution in [-0.4, -0.2) is 67.1 Å². The molecule has 0 aromatic rings. The van der Waals surface area contributed by atoms with Crippen molar-refractivity contribution in [3.8, 4) is 0 Å². The minimum Gasteiger partial charge on any atom is -0.481 e. The fourth-order valence-corrected chi connectivity index (χ4v) is 1.53. The summed E-state index contributed by atoms with van der Waals surface area (Å²) in [5.74, 6) is -1.77. The molecule has 1 unspecified atom stereocenters. The topological polar surface area (TPSA) is 86.9 Å². The van der Waals surface area contributed by atoms with Gasteiger partial charge in [0, 0.05) is 6.54 Å². The van der Waals surface area contributed by atoms with E-state index in [2.05, 4.69) is 0 Å². The van der Waals surface area contributed by atoms with E-state index in [1.54, 1.807) is 11.8 Å². The Morgan fingerprint density at radius 1 is 1.29 bits per heavy atom. The molecule has 0 saturated heterocycles. The highest BCUT2D eigenvalue weighted by Crippen LogP contribution is 2.01. The molecule has 3 N–H and O–H groups in total. The predicted octanol–water partition coefficient (Wildman–Crippen LogP) is -0.554. The Morgan fingerprint density at radius 2 is 1.88 bits per heavy atom. The molecule has 0 rings (SSSR count). The molecule has 17 heavy (non-hydrogen) atoms. The summed E-state index contributed by atoms with van der Waals surface area (Å²) in [6.45, 7) is 3.68. The Balaban J connectivity index is 4.13. The standard InChI is InChI=1S/C11H23N3O3/c1-9(11(16)17)7-14(8-10(12)15)6-4-5-13(2)3/h9H,4-8H2,1-3H3,(H2,12,15)(H,16,17). The van der Waals surface area contributed by atoms with E-state index in [1.165, 1.54) is 0 Å². The zero-order chi connectivity index (χ0) is 13.4. The molecule has 0 aliphatic carbocycles. The molecule has 0 saturated carbocycles. The first-order valence-electron chi connectivity index (χ1n) is 5.71. The van der Waals surface area contributed by atoms with Crippen molar-refractivity contribution in [1.82, 2.24) is 9.80 Å². The molecule has 0 aliphatic rings. The van der Waals surface area contributed by atoms with Crippen molar-refractivity contribution in [3.05, 3.63) is 0 Å². The minimum atomic E-state index is -0.855. The Morgan fingerprint density at radius 3 is 2.29 bits per heavy atom. The lowest BCUT2D eigenvalue weighted by molar-refractivity contribution is -0.142. The van der Waals surface area contributed by atoms with Crippen molar-refractivity contribution in [1.29, 1.82) is 0 Å². The van der Waals surface area contributed by atoms with Crippen LogP contribution in [0.25, 0.3) is 0 Å². The maximum Gasteiger partial charge on any atom is 0.307 e. The van der Waals surface area contributed by atoms with E-state index >= 15 is 0 Å². The minimum absolute atomic E-state index is 0.116. The summed E-state index contributed by atoms with van der Waals surface area (Å²) >= 11 is 0. The van der Waals surface area contributed by atoms with Crippen molar-refractivity contribution >= 4 is 11.9 Å². The molecule has 100 valence electrons. The largest absolute Gasteiger partial charge is 0.481 e. The molecule has 6 nitrogen and oxygen atoms in total. The van der Waals surface area contributed by atoms with Crippen LogP contribution in [0.4, 0.5) is 0 Å². The van der Waals surface area contributed by atoms with E-state index in [-0.39, 0.29) is 6.54 Å². The first-order valence-corrected chi connectivity index (χ1v) is 5.71. The van der Waals surface area contributed by atoms with E-state index in [9.17, 15) is 9.59 Å². The third kappa shape index (κ3) is 8.65. The fourth-order valence-electron chi connectivity index (χ4n) is 1.53. The highest BCUT2D eigenvalue weighted by molar-refractivity contribution is 5.76. The Hall–Kier alpha value is -1.14. The third-order valence-electron chi connectivity index (χ3n) is 2.41. The summed E-state index contributed by atoms with van der Waals surface area (Å²) < 4.78 is 0. The van der Waals surface area contributed by atoms with Crippen molar-refractivity contribution < 1.29 is 14.7 Å². The number of nitrogens with zero attached hydrogens (tertiary/aromatic N) is 2. The second-order valence-electron chi connectivity index (χ2n) is 4.60. The fraction of sp³-hybridized carbons (Fsp3) is 0.818. The van der Waals surface area contributed by atoms with Crippen molar-refractivity contribution in [3.63, 3.8) is 0 Å². The van der Waals surface area contributed by atoms with Gasteiger partial charge < -0.3 is 15.7 Å². The number of hydrogen-bond donors (Lipinski definition) is 2. The van der Waals surface area contributed by atoms with Crippen molar-refractivity contribution in [2.24, 2.45) is 11.7 Å². The van der Waals surface area contributed by atoms with Gasteiger partial charge in [-0.15, -0.1) is 0 Å².